The quantitative estimate of drug-likeness (QED) is 0.249. The van der Waals surface area contributed by atoms with E-state index in [4.69, 9.17) is 18.9 Å². The number of rotatable bonds is 4. The number of esters is 1. The molecule has 8 rings (SSSR count). The molecule has 1 N–H and O–H groups in total. The molecule has 2 heterocycles. The van der Waals surface area contributed by atoms with Gasteiger partial charge in [-0.15, -0.1) is 0 Å². The average Bonchev–Trinajstić information content (AvgIpc) is 3.39. The molecule has 0 amide bonds. The minimum atomic E-state index is -0.693. The second-order valence-corrected chi connectivity index (χ2v) is 20.8. The molecule has 0 radical (unpaired) electrons. The van der Waals surface area contributed by atoms with Gasteiger partial charge in [-0.3, -0.25) is 4.79 Å². The zero-order valence-electron chi connectivity index (χ0n) is 33.1. The number of hydrogen-bond donors (Lipinski definition) is 1. The SMILES string of the molecule is CC1(C)CC[C@]2(C(=O)OCc3ccccc3)CC[C@]3(C)C(=CC[C@@H]4[C@@]5(C)CCC([C@@H]6OC[C@@H]7OC(C)(C)O[C@@H]7[C@H]6O)C(C)(C)[C@@H]5CC[C@]43C)[C@@H]2C1. The first-order valence-corrected chi connectivity index (χ1v) is 20.4. The van der Waals surface area contributed by atoms with Crippen molar-refractivity contribution >= 4 is 5.97 Å². The van der Waals surface area contributed by atoms with E-state index in [2.05, 4.69) is 66.7 Å². The summed E-state index contributed by atoms with van der Waals surface area (Å²) in [6.07, 6.45) is 11.9. The Hall–Kier alpha value is -1.73. The normalized spacial score (nSPS) is 47.8. The Morgan fingerprint density at radius 2 is 1.57 bits per heavy atom. The van der Waals surface area contributed by atoms with Crippen LogP contribution >= 0.6 is 0 Å². The van der Waals surface area contributed by atoms with Gasteiger partial charge >= 0.3 is 5.97 Å². The van der Waals surface area contributed by atoms with Gasteiger partial charge < -0.3 is 24.1 Å². The molecule has 2 saturated heterocycles. The van der Waals surface area contributed by atoms with Crippen molar-refractivity contribution in [1.82, 2.24) is 0 Å². The molecule has 12 atom stereocenters. The number of aliphatic hydroxyl groups excluding tert-OH is 1. The van der Waals surface area contributed by atoms with Crippen LogP contribution in [0.5, 0.6) is 0 Å². The lowest BCUT2D eigenvalue weighted by atomic mass is 9.33. The summed E-state index contributed by atoms with van der Waals surface area (Å²) in [5.74, 6) is 0.946. The fourth-order valence-electron chi connectivity index (χ4n) is 14.2. The molecule has 6 heteroatoms. The monoisotopic (exact) mass is 702 g/mol. The Morgan fingerprint density at radius 3 is 2.31 bits per heavy atom. The highest BCUT2D eigenvalue weighted by Crippen LogP contribution is 2.76. The first-order chi connectivity index (χ1) is 23.9. The molecule has 0 aromatic heterocycles. The highest BCUT2D eigenvalue weighted by Gasteiger charge is 2.70. The smallest absolute Gasteiger partial charge is 0.313 e. The first kappa shape index (κ1) is 36.3. The van der Waals surface area contributed by atoms with E-state index in [9.17, 15) is 9.90 Å². The molecule has 1 aromatic carbocycles. The van der Waals surface area contributed by atoms with Crippen molar-refractivity contribution in [1.29, 1.82) is 0 Å². The van der Waals surface area contributed by atoms with Crippen LogP contribution in [-0.2, 0) is 30.3 Å². The zero-order valence-corrected chi connectivity index (χ0v) is 33.1. The molecular formula is C45H66O6. The molecule has 1 unspecified atom stereocenters. The highest BCUT2D eigenvalue weighted by molar-refractivity contribution is 5.79. The van der Waals surface area contributed by atoms with E-state index in [1.54, 1.807) is 5.57 Å². The maximum Gasteiger partial charge on any atom is 0.313 e. The van der Waals surface area contributed by atoms with Gasteiger partial charge in [0.1, 0.15) is 24.9 Å². The Balaban J connectivity index is 1.08. The number of allylic oxidation sites excluding steroid dienone is 2. The van der Waals surface area contributed by atoms with Crippen LogP contribution in [0.4, 0.5) is 0 Å². The Labute approximate surface area is 307 Å². The van der Waals surface area contributed by atoms with Crippen molar-refractivity contribution < 1.29 is 28.8 Å². The zero-order chi connectivity index (χ0) is 36.4. The van der Waals surface area contributed by atoms with E-state index in [-0.39, 0.29) is 63.2 Å². The van der Waals surface area contributed by atoms with Crippen molar-refractivity contribution in [3.05, 3.63) is 47.5 Å². The number of benzene rings is 1. The number of hydrogen-bond acceptors (Lipinski definition) is 6. The van der Waals surface area contributed by atoms with Crippen LogP contribution in [0.15, 0.2) is 42.0 Å². The summed E-state index contributed by atoms with van der Waals surface area (Å²) in [4.78, 5) is 14.4. The van der Waals surface area contributed by atoms with E-state index >= 15 is 0 Å². The van der Waals surface area contributed by atoms with Gasteiger partial charge in [-0.25, -0.2) is 0 Å². The van der Waals surface area contributed by atoms with Crippen LogP contribution in [0.1, 0.15) is 132 Å². The molecule has 6 nitrogen and oxygen atoms in total. The van der Waals surface area contributed by atoms with Gasteiger partial charge in [-0.1, -0.05) is 90.4 Å². The summed E-state index contributed by atoms with van der Waals surface area (Å²) in [6.45, 7) is 22.4. The minimum Gasteiger partial charge on any atom is -0.460 e. The van der Waals surface area contributed by atoms with Crippen molar-refractivity contribution in [2.45, 2.75) is 163 Å². The maximum atomic E-state index is 14.4. The van der Waals surface area contributed by atoms with Crippen LogP contribution in [0.2, 0.25) is 0 Å². The van der Waals surface area contributed by atoms with E-state index in [0.717, 1.165) is 56.9 Å². The fraction of sp³-hybridized carbons (Fsp3) is 0.800. The maximum absolute atomic E-state index is 14.4. The van der Waals surface area contributed by atoms with Crippen LogP contribution in [0, 0.1) is 56.2 Å². The Bertz CT molecular complexity index is 1550. The van der Waals surface area contributed by atoms with Crippen molar-refractivity contribution in [3.8, 4) is 0 Å². The molecule has 1 aromatic rings. The highest BCUT2D eigenvalue weighted by atomic mass is 16.8. The van der Waals surface area contributed by atoms with Gasteiger partial charge in [0.05, 0.1) is 18.1 Å². The number of carbonyl (C=O) groups is 1. The number of aliphatic hydroxyl groups is 1. The third-order valence-corrected chi connectivity index (χ3v) is 17.1. The van der Waals surface area contributed by atoms with Gasteiger partial charge in [0.25, 0.3) is 0 Å². The Morgan fingerprint density at radius 1 is 0.843 bits per heavy atom. The first-order valence-electron chi connectivity index (χ1n) is 20.4. The van der Waals surface area contributed by atoms with Crippen LogP contribution < -0.4 is 0 Å². The lowest BCUT2D eigenvalue weighted by molar-refractivity contribution is -0.232. The molecule has 51 heavy (non-hydrogen) atoms. The van der Waals surface area contributed by atoms with Gasteiger partial charge in [0, 0.05) is 0 Å². The molecule has 4 saturated carbocycles. The van der Waals surface area contributed by atoms with E-state index in [1.165, 1.54) is 12.8 Å². The van der Waals surface area contributed by atoms with Crippen LogP contribution in [0.25, 0.3) is 0 Å². The lowest BCUT2D eigenvalue weighted by Crippen LogP contribution is -2.66. The lowest BCUT2D eigenvalue weighted by Gasteiger charge is -2.71. The van der Waals surface area contributed by atoms with Crippen molar-refractivity contribution in [2.75, 3.05) is 6.61 Å². The molecular weight excluding hydrogens is 636 g/mol. The topological polar surface area (TPSA) is 74.2 Å². The summed E-state index contributed by atoms with van der Waals surface area (Å²) in [7, 11) is 0. The third-order valence-electron chi connectivity index (χ3n) is 17.1. The van der Waals surface area contributed by atoms with Crippen LogP contribution in [-0.4, -0.2) is 47.9 Å². The van der Waals surface area contributed by atoms with E-state index < -0.39 is 17.3 Å². The predicted molar refractivity (Wildman–Crippen MR) is 198 cm³/mol. The second kappa shape index (κ2) is 11.9. The molecule has 6 fully saturated rings. The predicted octanol–water partition coefficient (Wildman–Crippen LogP) is 9.43. The van der Waals surface area contributed by atoms with Crippen molar-refractivity contribution in [3.63, 3.8) is 0 Å². The second-order valence-electron chi connectivity index (χ2n) is 20.8. The molecule has 2 aliphatic heterocycles. The molecule has 0 spiro atoms. The van der Waals surface area contributed by atoms with Gasteiger partial charge in [0.15, 0.2) is 5.79 Å². The van der Waals surface area contributed by atoms with Gasteiger partial charge in [0.2, 0.25) is 0 Å². The van der Waals surface area contributed by atoms with Gasteiger partial charge in [-0.2, -0.15) is 0 Å². The standard InChI is InChI=1S/C45H66O6/c1-39(2)21-23-45(38(47)49-26-28-13-11-10-12-14-28)24-22-43(8)29(31(45)25-39)15-16-34-42(7)19-17-30(40(3,4)33(42)18-20-44(34,43)9)36-35(46)37-32(27-48-36)50-41(5,6)51-37/h10-15,30-37,46H,16-27H2,1-9H3/t30?,31-,32-,33-,34+,35-,36-,37-,42-,43+,44+,45-/m0/s1. The fourth-order valence-corrected chi connectivity index (χ4v) is 14.2. The van der Waals surface area contributed by atoms with Crippen LogP contribution in [0.3, 0.4) is 0 Å². The van der Waals surface area contributed by atoms with E-state index in [1.807, 2.05) is 32.0 Å². The molecule has 282 valence electrons. The minimum absolute atomic E-state index is 0.00428. The number of carbonyl (C=O) groups excluding carboxylic acids is 1. The van der Waals surface area contributed by atoms with E-state index in [0.29, 0.717) is 25.0 Å². The summed E-state index contributed by atoms with van der Waals surface area (Å²) in [5, 5.41) is 11.7. The summed E-state index contributed by atoms with van der Waals surface area (Å²) in [5.41, 5.74) is 2.81. The summed E-state index contributed by atoms with van der Waals surface area (Å²) >= 11 is 0. The molecule has 5 aliphatic carbocycles. The van der Waals surface area contributed by atoms with Gasteiger partial charge in [-0.05, 0) is 134 Å². The van der Waals surface area contributed by atoms with Crippen molar-refractivity contribution in [2.24, 2.45) is 56.2 Å². The number of ether oxygens (including phenoxy) is 4. The summed E-state index contributed by atoms with van der Waals surface area (Å²) in [6, 6.07) is 10.2. The third kappa shape index (κ3) is 5.33. The summed E-state index contributed by atoms with van der Waals surface area (Å²) < 4.78 is 25.1. The largest absolute Gasteiger partial charge is 0.460 e. The molecule has 0 bridgehead atoms. The number of fused-ring (bicyclic) bond motifs is 8. The molecule has 7 aliphatic rings. The Kier molecular flexibility index (Phi) is 8.45. The average molecular weight is 703 g/mol.